The van der Waals surface area contributed by atoms with E-state index in [1.54, 1.807) is 13.8 Å². The summed E-state index contributed by atoms with van der Waals surface area (Å²) in [5.41, 5.74) is 0. The van der Waals surface area contributed by atoms with Crippen molar-refractivity contribution in [2.45, 2.75) is 13.8 Å². The highest BCUT2D eigenvalue weighted by atomic mass is 31.2. The molecule has 0 aliphatic heterocycles. The van der Waals surface area contributed by atoms with Gasteiger partial charge in [0.2, 0.25) is 5.91 Å². The Labute approximate surface area is 103 Å². The van der Waals surface area contributed by atoms with Crippen molar-refractivity contribution < 1.29 is 18.4 Å². The standard InChI is InChI=1S/C10H23N2O4P/c1-5-15-17(14,16-6-2)9-10(13)11-7-8-12(3)4/h5-9H2,1-4H3,(H,11,13). The topological polar surface area (TPSA) is 67.9 Å². The molecule has 0 fully saturated rings. The molecule has 7 heteroatoms. The Morgan fingerprint density at radius 1 is 1.24 bits per heavy atom. The fraction of sp³-hybridized carbons (Fsp3) is 0.900. The Kier molecular flexibility index (Phi) is 8.43. The second-order valence-electron chi connectivity index (χ2n) is 3.76. The van der Waals surface area contributed by atoms with Gasteiger partial charge in [0.1, 0.15) is 6.16 Å². The van der Waals surface area contributed by atoms with Gasteiger partial charge < -0.3 is 19.3 Å². The summed E-state index contributed by atoms with van der Waals surface area (Å²) < 4.78 is 22.1. The molecule has 1 amide bonds. The van der Waals surface area contributed by atoms with E-state index >= 15 is 0 Å². The van der Waals surface area contributed by atoms with Crippen LogP contribution in [-0.2, 0) is 18.4 Å². The number of rotatable bonds is 9. The van der Waals surface area contributed by atoms with Gasteiger partial charge >= 0.3 is 7.60 Å². The Hall–Kier alpha value is -0.420. The lowest BCUT2D eigenvalue weighted by molar-refractivity contribution is -0.118. The monoisotopic (exact) mass is 266 g/mol. The lowest BCUT2D eigenvalue weighted by atomic mass is 10.5. The zero-order chi connectivity index (χ0) is 13.3. The molecule has 17 heavy (non-hydrogen) atoms. The van der Waals surface area contributed by atoms with Crippen molar-refractivity contribution in [2.75, 3.05) is 46.6 Å². The number of carbonyl (C=O) groups excluding carboxylic acids is 1. The second kappa shape index (κ2) is 8.64. The van der Waals surface area contributed by atoms with Crippen LogP contribution in [0, 0.1) is 0 Å². The van der Waals surface area contributed by atoms with Crippen LogP contribution in [0.25, 0.3) is 0 Å². The quantitative estimate of drug-likeness (QED) is 0.629. The third kappa shape index (κ3) is 8.32. The molecule has 0 aromatic rings. The van der Waals surface area contributed by atoms with Gasteiger partial charge in [-0.25, -0.2) is 0 Å². The maximum atomic E-state index is 12.0. The van der Waals surface area contributed by atoms with Gasteiger partial charge in [0.05, 0.1) is 13.2 Å². The van der Waals surface area contributed by atoms with Crippen LogP contribution in [0.15, 0.2) is 0 Å². The van der Waals surface area contributed by atoms with E-state index in [0.29, 0.717) is 6.54 Å². The Morgan fingerprint density at radius 2 is 1.76 bits per heavy atom. The molecule has 0 aliphatic rings. The average molecular weight is 266 g/mol. The van der Waals surface area contributed by atoms with Crippen molar-refractivity contribution in [2.24, 2.45) is 0 Å². The molecular weight excluding hydrogens is 243 g/mol. The Morgan fingerprint density at radius 3 is 2.18 bits per heavy atom. The summed E-state index contributed by atoms with van der Waals surface area (Å²) in [6, 6.07) is 0. The van der Waals surface area contributed by atoms with Gasteiger partial charge in [0.15, 0.2) is 0 Å². The smallest absolute Gasteiger partial charge is 0.340 e. The summed E-state index contributed by atoms with van der Waals surface area (Å²) in [6.07, 6.45) is -0.220. The van der Waals surface area contributed by atoms with Gasteiger partial charge in [-0.3, -0.25) is 9.36 Å². The van der Waals surface area contributed by atoms with Crippen LogP contribution in [0.2, 0.25) is 0 Å². The van der Waals surface area contributed by atoms with E-state index < -0.39 is 7.60 Å². The van der Waals surface area contributed by atoms with Crippen LogP contribution < -0.4 is 5.32 Å². The number of nitrogens with zero attached hydrogens (tertiary/aromatic N) is 1. The first-order valence-electron chi connectivity index (χ1n) is 5.73. The number of hydrogen-bond acceptors (Lipinski definition) is 5. The molecule has 0 aliphatic carbocycles. The molecule has 102 valence electrons. The first kappa shape index (κ1) is 16.6. The summed E-state index contributed by atoms with van der Waals surface area (Å²) in [4.78, 5) is 13.5. The minimum absolute atomic E-state index is 0.220. The fourth-order valence-corrected chi connectivity index (χ4v) is 2.68. The minimum Gasteiger partial charge on any atom is -0.354 e. The zero-order valence-electron chi connectivity index (χ0n) is 11.1. The first-order valence-corrected chi connectivity index (χ1v) is 7.46. The summed E-state index contributed by atoms with van der Waals surface area (Å²) >= 11 is 0. The number of hydrogen-bond donors (Lipinski definition) is 1. The lowest BCUT2D eigenvalue weighted by Gasteiger charge is -2.17. The van der Waals surface area contributed by atoms with Crippen LogP contribution in [-0.4, -0.2) is 57.4 Å². The first-order chi connectivity index (χ1) is 7.93. The molecule has 0 radical (unpaired) electrons. The van der Waals surface area contributed by atoms with E-state index in [4.69, 9.17) is 9.05 Å². The summed E-state index contributed by atoms with van der Waals surface area (Å²) in [6.45, 7) is 5.22. The molecule has 0 heterocycles. The van der Waals surface area contributed by atoms with E-state index in [9.17, 15) is 9.36 Å². The van der Waals surface area contributed by atoms with Crippen LogP contribution in [0.3, 0.4) is 0 Å². The SMILES string of the molecule is CCOP(=O)(CC(=O)NCCN(C)C)OCC. The van der Waals surface area contributed by atoms with E-state index in [2.05, 4.69) is 5.32 Å². The van der Waals surface area contributed by atoms with Crippen molar-refractivity contribution in [3.05, 3.63) is 0 Å². The maximum absolute atomic E-state index is 12.0. The number of carbonyl (C=O) groups is 1. The molecule has 0 aromatic heterocycles. The molecule has 0 atom stereocenters. The second-order valence-corrected chi connectivity index (χ2v) is 5.81. The molecule has 0 unspecified atom stereocenters. The molecule has 0 bridgehead atoms. The number of likely N-dealkylation sites (N-methyl/N-ethyl adjacent to an activating group) is 1. The van der Waals surface area contributed by atoms with Crippen molar-refractivity contribution >= 4 is 13.5 Å². The van der Waals surface area contributed by atoms with Gasteiger partial charge in [-0.05, 0) is 27.9 Å². The fourth-order valence-electron chi connectivity index (χ4n) is 1.17. The molecule has 0 saturated carbocycles. The van der Waals surface area contributed by atoms with E-state index in [1.807, 2.05) is 19.0 Å². The number of nitrogens with one attached hydrogen (secondary N) is 1. The molecule has 6 nitrogen and oxygen atoms in total. The van der Waals surface area contributed by atoms with Crippen LogP contribution in [0.4, 0.5) is 0 Å². The summed E-state index contributed by atoms with van der Waals surface area (Å²) in [5.74, 6) is -0.308. The molecule has 0 aromatic carbocycles. The normalized spacial score (nSPS) is 11.8. The predicted octanol–water partition coefficient (Wildman–Crippen LogP) is 0.930. The Bertz CT molecular complexity index is 261. The highest BCUT2D eigenvalue weighted by Gasteiger charge is 2.27. The zero-order valence-corrected chi connectivity index (χ0v) is 12.0. The van der Waals surface area contributed by atoms with E-state index in [1.165, 1.54) is 0 Å². The summed E-state index contributed by atoms with van der Waals surface area (Å²) in [5, 5.41) is 2.67. The van der Waals surface area contributed by atoms with Gasteiger partial charge in [-0.2, -0.15) is 0 Å². The molecule has 1 N–H and O–H groups in total. The largest absolute Gasteiger partial charge is 0.354 e. The van der Waals surface area contributed by atoms with Gasteiger partial charge in [0, 0.05) is 13.1 Å². The highest BCUT2D eigenvalue weighted by Crippen LogP contribution is 2.47. The van der Waals surface area contributed by atoms with Crippen molar-refractivity contribution in [1.82, 2.24) is 10.2 Å². The van der Waals surface area contributed by atoms with E-state index in [-0.39, 0.29) is 25.3 Å². The van der Waals surface area contributed by atoms with Gasteiger partial charge in [-0.15, -0.1) is 0 Å². The average Bonchev–Trinajstić information content (AvgIpc) is 2.16. The van der Waals surface area contributed by atoms with Crippen LogP contribution in [0.5, 0.6) is 0 Å². The summed E-state index contributed by atoms with van der Waals surface area (Å²) in [7, 11) is 0.563. The lowest BCUT2D eigenvalue weighted by Crippen LogP contribution is -2.33. The van der Waals surface area contributed by atoms with Crippen molar-refractivity contribution in [3.8, 4) is 0 Å². The molecule has 0 rings (SSSR count). The highest BCUT2D eigenvalue weighted by molar-refractivity contribution is 7.54. The van der Waals surface area contributed by atoms with E-state index in [0.717, 1.165) is 6.54 Å². The van der Waals surface area contributed by atoms with Gasteiger partial charge in [0.25, 0.3) is 0 Å². The van der Waals surface area contributed by atoms with Crippen molar-refractivity contribution in [1.29, 1.82) is 0 Å². The van der Waals surface area contributed by atoms with Gasteiger partial charge in [-0.1, -0.05) is 0 Å². The number of amides is 1. The predicted molar refractivity (Wildman–Crippen MR) is 67.3 cm³/mol. The third-order valence-electron chi connectivity index (χ3n) is 1.87. The Balaban J connectivity index is 4.08. The molecule has 0 spiro atoms. The molecule has 0 saturated heterocycles. The maximum Gasteiger partial charge on any atom is 0.340 e. The molecular formula is C10H23N2O4P. The minimum atomic E-state index is -3.27. The van der Waals surface area contributed by atoms with Crippen molar-refractivity contribution in [3.63, 3.8) is 0 Å². The third-order valence-corrected chi connectivity index (χ3v) is 3.85. The van der Waals surface area contributed by atoms with Crippen LogP contribution in [0.1, 0.15) is 13.8 Å². The van der Waals surface area contributed by atoms with Crippen LogP contribution >= 0.6 is 7.60 Å².